The summed E-state index contributed by atoms with van der Waals surface area (Å²) < 4.78 is 0. The first-order valence-corrected chi connectivity index (χ1v) is 9.46. The van der Waals surface area contributed by atoms with Crippen molar-refractivity contribution < 1.29 is 9.90 Å². The van der Waals surface area contributed by atoms with Crippen LogP contribution in [-0.4, -0.2) is 54.2 Å². The van der Waals surface area contributed by atoms with E-state index in [2.05, 4.69) is 24.5 Å². The Morgan fingerprint density at radius 2 is 2.11 bits per heavy atom. The molecule has 0 aromatic heterocycles. The molecule has 3 N–H and O–H groups in total. The highest BCUT2D eigenvalue weighted by molar-refractivity contribution is 6.00. The van der Waals surface area contributed by atoms with Gasteiger partial charge >= 0.3 is 0 Å². The zero-order valence-electron chi connectivity index (χ0n) is 16.5. The molecule has 0 radical (unpaired) electrons. The fraction of sp³-hybridized carbons (Fsp3) is 0.650. The zero-order chi connectivity index (χ0) is 18.0. The second kappa shape index (κ2) is 9.97. The van der Waals surface area contributed by atoms with Crippen molar-refractivity contribution in [2.45, 2.75) is 52.2 Å². The number of aryl methyl sites for hydroxylation is 1. The van der Waals surface area contributed by atoms with Crippen molar-refractivity contribution >= 4 is 36.4 Å². The normalized spacial score (nSPS) is 24.9. The van der Waals surface area contributed by atoms with Crippen LogP contribution in [0.3, 0.4) is 0 Å². The molecule has 0 saturated carbocycles. The molecule has 0 unspecified atom stereocenters. The molecule has 0 aliphatic carbocycles. The second-order valence-electron chi connectivity index (χ2n) is 8.02. The number of rotatable bonds is 3. The third kappa shape index (κ3) is 5.29. The molecule has 2 fully saturated rings. The largest absolute Gasteiger partial charge is 0.392 e. The first-order valence-electron chi connectivity index (χ1n) is 9.46. The number of hydrogen-bond acceptors (Lipinski definition) is 4. The van der Waals surface area contributed by atoms with E-state index in [-0.39, 0.29) is 48.3 Å². The SMILES string of the molecule is Cc1ccc(NC(C)C)c(C(=O)N2CCC[C@]3(CNCC[C@@H]3O)C2)c1.Cl.Cl. The number of likely N-dealkylation sites (tertiary alicyclic amines) is 1. The highest BCUT2D eigenvalue weighted by atomic mass is 35.5. The lowest BCUT2D eigenvalue weighted by Crippen LogP contribution is -2.58. The maximum atomic E-state index is 13.3. The molecule has 1 spiro atoms. The Kier molecular flexibility index (Phi) is 8.87. The molecule has 1 amide bonds. The van der Waals surface area contributed by atoms with Crippen molar-refractivity contribution in [3.05, 3.63) is 29.3 Å². The van der Waals surface area contributed by atoms with Gasteiger partial charge in [0, 0.05) is 36.8 Å². The number of nitrogens with zero attached hydrogens (tertiary/aromatic N) is 1. The van der Waals surface area contributed by atoms with Gasteiger partial charge in [0.1, 0.15) is 0 Å². The summed E-state index contributed by atoms with van der Waals surface area (Å²) in [5.74, 6) is 0.0729. The summed E-state index contributed by atoms with van der Waals surface area (Å²) >= 11 is 0. The lowest BCUT2D eigenvalue weighted by Gasteiger charge is -2.48. The van der Waals surface area contributed by atoms with Crippen molar-refractivity contribution in [2.24, 2.45) is 5.41 Å². The van der Waals surface area contributed by atoms with E-state index in [4.69, 9.17) is 0 Å². The van der Waals surface area contributed by atoms with Gasteiger partial charge < -0.3 is 20.6 Å². The molecule has 2 heterocycles. The number of aliphatic hydroxyl groups is 1. The fourth-order valence-corrected chi connectivity index (χ4v) is 4.19. The number of anilines is 1. The van der Waals surface area contributed by atoms with Gasteiger partial charge in [-0.1, -0.05) is 11.6 Å². The Morgan fingerprint density at radius 3 is 2.78 bits per heavy atom. The molecule has 2 atom stereocenters. The van der Waals surface area contributed by atoms with E-state index >= 15 is 0 Å². The number of benzene rings is 1. The predicted octanol–water partition coefficient (Wildman–Crippen LogP) is 3.24. The first kappa shape index (κ1) is 24.0. The molecule has 2 aliphatic heterocycles. The molecule has 1 aromatic carbocycles. The van der Waals surface area contributed by atoms with Gasteiger partial charge in [-0.2, -0.15) is 0 Å². The highest BCUT2D eigenvalue weighted by Gasteiger charge is 2.44. The van der Waals surface area contributed by atoms with E-state index in [0.717, 1.165) is 55.7 Å². The Bertz CT molecular complexity index is 638. The van der Waals surface area contributed by atoms with Crippen LogP contribution in [0, 0.1) is 12.3 Å². The highest BCUT2D eigenvalue weighted by Crippen LogP contribution is 2.37. The van der Waals surface area contributed by atoms with E-state index in [1.54, 1.807) is 0 Å². The van der Waals surface area contributed by atoms with E-state index < -0.39 is 0 Å². The number of carbonyl (C=O) groups excluding carboxylic acids is 1. The average Bonchev–Trinajstić information content (AvgIpc) is 2.58. The fourth-order valence-electron chi connectivity index (χ4n) is 4.19. The molecular formula is C20H33Cl2N3O2. The van der Waals surface area contributed by atoms with E-state index in [1.807, 2.05) is 30.0 Å². The van der Waals surface area contributed by atoms with Gasteiger partial charge in [0.05, 0.1) is 11.7 Å². The number of carbonyl (C=O) groups is 1. The van der Waals surface area contributed by atoms with Crippen LogP contribution in [0.5, 0.6) is 0 Å². The van der Waals surface area contributed by atoms with Crippen molar-refractivity contribution in [2.75, 3.05) is 31.5 Å². The monoisotopic (exact) mass is 417 g/mol. The number of hydrogen-bond donors (Lipinski definition) is 3. The maximum absolute atomic E-state index is 13.3. The van der Waals surface area contributed by atoms with E-state index in [1.165, 1.54) is 0 Å². The van der Waals surface area contributed by atoms with Gasteiger partial charge in [0.15, 0.2) is 0 Å². The standard InChI is InChI=1S/C20H31N3O2.2ClH/c1-14(2)22-17-6-5-15(3)11-16(17)19(25)23-10-4-8-20(13-23)12-21-9-7-18(20)24;;/h5-6,11,14,18,21-22,24H,4,7-10,12-13H2,1-3H3;2*1H/t18-,20-;;/m0../s1. The number of halogens is 2. The molecule has 2 aliphatic rings. The number of nitrogens with one attached hydrogen (secondary N) is 2. The van der Waals surface area contributed by atoms with Gasteiger partial charge in [-0.3, -0.25) is 4.79 Å². The Hall–Kier alpha value is -1.01. The minimum absolute atomic E-state index is 0. The van der Waals surface area contributed by atoms with Crippen LogP contribution in [0.2, 0.25) is 0 Å². The van der Waals surface area contributed by atoms with Crippen LogP contribution >= 0.6 is 24.8 Å². The van der Waals surface area contributed by atoms with Gasteiger partial charge in [-0.25, -0.2) is 0 Å². The molecule has 7 heteroatoms. The van der Waals surface area contributed by atoms with Crippen molar-refractivity contribution in [1.82, 2.24) is 10.2 Å². The molecule has 2 saturated heterocycles. The second-order valence-corrected chi connectivity index (χ2v) is 8.02. The van der Waals surface area contributed by atoms with Gasteiger partial charge in [0.2, 0.25) is 0 Å². The topological polar surface area (TPSA) is 64.6 Å². The average molecular weight is 418 g/mol. The number of aliphatic hydroxyl groups excluding tert-OH is 1. The Labute approximate surface area is 175 Å². The van der Waals surface area contributed by atoms with Crippen molar-refractivity contribution in [3.63, 3.8) is 0 Å². The number of amides is 1. The molecule has 5 nitrogen and oxygen atoms in total. The van der Waals surface area contributed by atoms with Gasteiger partial charge in [-0.15, -0.1) is 24.8 Å². The van der Waals surface area contributed by atoms with Crippen molar-refractivity contribution in [3.8, 4) is 0 Å². The summed E-state index contributed by atoms with van der Waals surface area (Å²) in [4.78, 5) is 15.2. The smallest absolute Gasteiger partial charge is 0.255 e. The number of piperidine rings is 2. The summed E-state index contributed by atoms with van der Waals surface area (Å²) in [7, 11) is 0. The summed E-state index contributed by atoms with van der Waals surface area (Å²) in [5, 5.41) is 17.4. The maximum Gasteiger partial charge on any atom is 0.255 e. The lowest BCUT2D eigenvalue weighted by molar-refractivity contribution is -0.0432. The van der Waals surface area contributed by atoms with Gasteiger partial charge in [0.25, 0.3) is 5.91 Å². The molecule has 0 bridgehead atoms. The third-order valence-corrected chi connectivity index (χ3v) is 5.52. The minimum atomic E-state index is -0.324. The first-order chi connectivity index (χ1) is 11.9. The van der Waals surface area contributed by atoms with Gasteiger partial charge in [-0.05, 0) is 58.7 Å². The van der Waals surface area contributed by atoms with Crippen LogP contribution in [0.4, 0.5) is 5.69 Å². The quantitative estimate of drug-likeness (QED) is 0.705. The van der Waals surface area contributed by atoms with Crippen LogP contribution in [-0.2, 0) is 0 Å². The lowest BCUT2D eigenvalue weighted by atomic mass is 9.72. The summed E-state index contributed by atoms with van der Waals surface area (Å²) in [6, 6.07) is 6.28. The van der Waals surface area contributed by atoms with Crippen LogP contribution in [0.15, 0.2) is 18.2 Å². The molecule has 154 valence electrons. The Balaban J connectivity index is 0.00000182. The summed E-state index contributed by atoms with van der Waals surface area (Å²) in [5.41, 5.74) is 2.53. The molecule has 3 rings (SSSR count). The third-order valence-electron chi connectivity index (χ3n) is 5.52. The zero-order valence-corrected chi connectivity index (χ0v) is 18.1. The Morgan fingerprint density at radius 1 is 1.37 bits per heavy atom. The van der Waals surface area contributed by atoms with E-state index in [0.29, 0.717) is 6.54 Å². The molecular weight excluding hydrogens is 385 g/mol. The van der Waals surface area contributed by atoms with Crippen LogP contribution in [0.25, 0.3) is 0 Å². The molecule has 27 heavy (non-hydrogen) atoms. The van der Waals surface area contributed by atoms with E-state index in [9.17, 15) is 9.90 Å². The minimum Gasteiger partial charge on any atom is -0.392 e. The predicted molar refractivity (Wildman–Crippen MR) is 115 cm³/mol. The van der Waals surface area contributed by atoms with Crippen LogP contribution in [0.1, 0.15) is 49.0 Å². The van der Waals surface area contributed by atoms with Crippen molar-refractivity contribution in [1.29, 1.82) is 0 Å². The summed E-state index contributed by atoms with van der Waals surface area (Å²) in [6.45, 7) is 9.22. The van der Waals surface area contributed by atoms with Crippen LogP contribution < -0.4 is 10.6 Å². The summed E-state index contributed by atoms with van der Waals surface area (Å²) in [6.07, 6.45) is 2.38. The molecule has 1 aromatic rings.